The molecule has 0 amide bonds. The molecule has 2 nitrogen and oxygen atoms in total. The second-order valence-electron chi connectivity index (χ2n) is 5.30. The van der Waals surface area contributed by atoms with Gasteiger partial charge in [-0.1, -0.05) is 12.1 Å². The van der Waals surface area contributed by atoms with Gasteiger partial charge >= 0.3 is 0 Å². The summed E-state index contributed by atoms with van der Waals surface area (Å²) < 4.78 is 5.52. The smallest absolute Gasteiger partial charge is 0.119 e. The summed E-state index contributed by atoms with van der Waals surface area (Å²) in [6, 6.07) is 9.21. The van der Waals surface area contributed by atoms with Crippen molar-refractivity contribution >= 4 is 0 Å². The molecule has 0 bridgehead atoms. The molecule has 2 heteroatoms. The third-order valence-electron chi connectivity index (χ3n) is 4.12. The van der Waals surface area contributed by atoms with Crippen LogP contribution in [0, 0.1) is 11.8 Å². The number of hydrogen-bond acceptors (Lipinski definition) is 2. The Hall–Kier alpha value is -1.02. The highest BCUT2D eigenvalue weighted by molar-refractivity contribution is 5.28. The lowest BCUT2D eigenvalue weighted by Gasteiger charge is -2.14. The van der Waals surface area contributed by atoms with E-state index in [1.165, 1.54) is 24.8 Å². The highest BCUT2D eigenvalue weighted by atomic mass is 16.5. The van der Waals surface area contributed by atoms with Crippen molar-refractivity contribution in [1.29, 1.82) is 0 Å². The van der Waals surface area contributed by atoms with Gasteiger partial charge in [-0.2, -0.15) is 0 Å². The second-order valence-corrected chi connectivity index (χ2v) is 5.30. The van der Waals surface area contributed by atoms with Crippen LogP contribution in [0.4, 0.5) is 0 Å². The molecule has 0 heterocycles. The van der Waals surface area contributed by atoms with Gasteiger partial charge in [-0.25, -0.2) is 0 Å². The van der Waals surface area contributed by atoms with Crippen molar-refractivity contribution < 1.29 is 4.74 Å². The van der Waals surface area contributed by atoms with E-state index in [2.05, 4.69) is 23.5 Å². The van der Waals surface area contributed by atoms with Gasteiger partial charge in [0, 0.05) is 12.6 Å². The van der Waals surface area contributed by atoms with Crippen LogP contribution in [0.3, 0.4) is 0 Å². The molecule has 3 atom stereocenters. The van der Waals surface area contributed by atoms with Crippen molar-refractivity contribution in [2.75, 3.05) is 6.61 Å². The van der Waals surface area contributed by atoms with Crippen LogP contribution in [0.25, 0.3) is 0 Å². The average Bonchev–Trinajstić information content (AvgIpc) is 3.02. The number of hydrogen-bond donors (Lipinski definition) is 1. The van der Waals surface area contributed by atoms with Crippen molar-refractivity contribution in [3.05, 3.63) is 29.8 Å². The van der Waals surface area contributed by atoms with Gasteiger partial charge in [0.1, 0.15) is 5.75 Å². The summed E-state index contributed by atoms with van der Waals surface area (Å²) in [6.07, 6.45) is 4.29. The predicted octanol–water partition coefficient (Wildman–Crippen LogP) is 2.97. The van der Waals surface area contributed by atoms with Crippen LogP contribution < -0.4 is 10.1 Å². The maximum atomic E-state index is 5.52. The molecule has 1 aromatic rings. The van der Waals surface area contributed by atoms with Crippen LogP contribution in [-0.2, 0) is 6.54 Å². The molecule has 0 spiro atoms. The SMILES string of the molecule is CCOc1cccc(CNC2CC[C@H]3C[C@@H]23)c1. The van der Waals surface area contributed by atoms with Crippen LogP contribution in [0.15, 0.2) is 24.3 Å². The van der Waals surface area contributed by atoms with Crippen LogP contribution >= 0.6 is 0 Å². The minimum absolute atomic E-state index is 0.739. The molecular weight excluding hydrogens is 210 g/mol. The first-order chi connectivity index (χ1) is 8.36. The third-order valence-corrected chi connectivity index (χ3v) is 4.12. The number of benzene rings is 1. The van der Waals surface area contributed by atoms with Crippen molar-refractivity contribution in [3.63, 3.8) is 0 Å². The van der Waals surface area contributed by atoms with Crippen molar-refractivity contribution in [2.45, 2.75) is 38.8 Å². The third kappa shape index (κ3) is 2.47. The molecule has 2 fully saturated rings. The van der Waals surface area contributed by atoms with E-state index in [9.17, 15) is 0 Å². The van der Waals surface area contributed by atoms with Crippen molar-refractivity contribution in [3.8, 4) is 5.75 Å². The van der Waals surface area contributed by atoms with E-state index in [1.807, 2.05) is 13.0 Å². The maximum Gasteiger partial charge on any atom is 0.119 e. The fraction of sp³-hybridized carbons (Fsp3) is 0.600. The molecule has 1 aromatic carbocycles. The molecule has 2 aliphatic rings. The maximum absolute atomic E-state index is 5.52. The molecule has 17 heavy (non-hydrogen) atoms. The zero-order chi connectivity index (χ0) is 11.7. The quantitative estimate of drug-likeness (QED) is 0.841. The topological polar surface area (TPSA) is 21.3 Å². The van der Waals surface area contributed by atoms with E-state index >= 15 is 0 Å². The zero-order valence-electron chi connectivity index (χ0n) is 10.5. The summed E-state index contributed by atoms with van der Waals surface area (Å²) in [7, 11) is 0. The first-order valence-electron chi connectivity index (χ1n) is 6.82. The van der Waals surface area contributed by atoms with E-state index in [-0.39, 0.29) is 0 Å². The highest BCUT2D eigenvalue weighted by Crippen LogP contribution is 2.51. The first kappa shape index (κ1) is 11.1. The van der Waals surface area contributed by atoms with Crippen LogP contribution in [0.5, 0.6) is 5.75 Å². The lowest BCUT2D eigenvalue weighted by Crippen LogP contribution is -2.28. The zero-order valence-corrected chi connectivity index (χ0v) is 10.5. The Balaban J connectivity index is 1.55. The molecular formula is C15H21NO. The molecule has 92 valence electrons. The number of fused-ring (bicyclic) bond motifs is 1. The molecule has 0 aromatic heterocycles. The van der Waals surface area contributed by atoms with Gasteiger partial charge in [0.2, 0.25) is 0 Å². The van der Waals surface area contributed by atoms with E-state index in [4.69, 9.17) is 4.74 Å². The fourth-order valence-corrected chi connectivity index (χ4v) is 3.12. The van der Waals surface area contributed by atoms with E-state index in [0.29, 0.717) is 0 Å². The molecule has 0 radical (unpaired) electrons. The first-order valence-corrected chi connectivity index (χ1v) is 6.82. The number of ether oxygens (including phenoxy) is 1. The van der Waals surface area contributed by atoms with Gasteiger partial charge in [-0.15, -0.1) is 0 Å². The number of nitrogens with one attached hydrogen (secondary N) is 1. The Morgan fingerprint density at radius 3 is 3.00 bits per heavy atom. The van der Waals surface area contributed by atoms with Crippen LogP contribution in [0.1, 0.15) is 31.7 Å². The Morgan fingerprint density at radius 2 is 2.29 bits per heavy atom. The lowest BCUT2D eigenvalue weighted by molar-refractivity contribution is 0.339. The van der Waals surface area contributed by atoms with Gasteiger partial charge in [0.25, 0.3) is 0 Å². The molecule has 0 saturated heterocycles. The van der Waals surface area contributed by atoms with Crippen molar-refractivity contribution in [2.24, 2.45) is 11.8 Å². The van der Waals surface area contributed by atoms with E-state index in [0.717, 1.165) is 36.8 Å². The van der Waals surface area contributed by atoms with E-state index in [1.54, 1.807) is 0 Å². The molecule has 2 saturated carbocycles. The summed E-state index contributed by atoms with van der Waals surface area (Å²) in [5.74, 6) is 3.04. The predicted molar refractivity (Wildman–Crippen MR) is 69.1 cm³/mol. The number of rotatable bonds is 5. The standard InChI is InChI=1S/C15H21NO/c1-2-17-13-5-3-4-11(8-13)10-16-15-7-6-12-9-14(12)15/h3-5,8,12,14-16H,2,6-7,9-10H2,1H3/t12-,14+,15?/m0/s1. The van der Waals surface area contributed by atoms with Gasteiger partial charge < -0.3 is 10.1 Å². The summed E-state index contributed by atoms with van der Waals surface area (Å²) in [6.45, 7) is 3.74. The molecule has 1 N–H and O–H groups in total. The molecule has 1 unspecified atom stereocenters. The molecule has 0 aliphatic heterocycles. The summed E-state index contributed by atoms with van der Waals surface area (Å²) >= 11 is 0. The molecule has 2 aliphatic carbocycles. The van der Waals surface area contributed by atoms with E-state index < -0.39 is 0 Å². The minimum Gasteiger partial charge on any atom is -0.494 e. The Bertz CT molecular complexity index is 390. The average molecular weight is 231 g/mol. The lowest BCUT2D eigenvalue weighted by atomic mass is 10.1. The Morgan fingerprint density at radius 1 is 1.35 bits per heavy atom. The molecule has 3 rings (SSSR count). The summed E-state index contributed by atoms with van der Waals surface area (Å²) in [4.78, 5) is 0. The highest BCUT2D eigenvalue weighted by Gasteiger charge is 2.47. The van der Waals surface area contributed by atoms with Gasteiger partial charge in [-0.05, 0) is 55.7 Å². The fourth-order valence-electron chi connectivity index (χ4n) is 3.12. The van der Waals surface area contributed by atoms with Crippen LogP contribution in [0.2, 0.25) is 0 Å². The normalized spacial score (nSPS) is 30.1. The second kappa shape index (κ2) is 4.69. The monoisotopic (exact) mass is 231 g/mol. The van der Waals surface area contributed by atoms with Crippen LogP contribution in [-0.4, -0.2) is 12.6 Å². The minimum atomic E-state index is 0.739. The van der Waals surface area contributed by atoms with Gasteiger partial charge in [-0.3, -0.25) is 0 Å². The van der Waals surface area contributed by atoms with Gasteiger partial charge in [0.15, 0.2) is 0 Å². The summed E-state index contributed by atoms with van der Waals surface area (Å²) in [5.41, 5.74) is 1.33. The Labute approximate surface area is 103 Å². The van der Waals surface area contributed by atoms with Crippen molar-refractivity contribution in [1.82, 2.24) is 5.32 Å². The largest absolute Gasteiger partial charge is 0.494 e. The van der Waals surface area contributed by atoms with Gasteiger partial charge in [0.05, 0.1) is 6.61 Å². The Kier molecular flexibility index (Phi) is 3.06. The summed E-state index contributed by atoms with van der Waals surface area (Å²) in [5, 5.41) is 3.70.